The summed E-state index contributed by atoms with van der Waals surface area (Å²) in [6.07, 6.45) is 2.23. The molecule has 21 heavy (non-hydrogen) atoms. The van der Waals surface area contributed by atoms with Crippen LogP contribution in [0.25, 0.3) is 0 Å². The first-order chi connectivity index (χ1) is 10.2. The SMILES string of the molecule is O[C@]1(c2cn[nH]n2)CCN(CCOc2ccc(Cl)cc2)C1. The molecular weight excluding hydrogens is 292 g/mol. The number of β-amino-alcohol motifs (C(OH)–C–C–N with tert-alkyl or cyclic N) is 1. The largest absolute Gasteiger partial charge is 0.492 e. The van der Waals surface area contributed by atoms with E-state index in [0.717, 1.165) is 18.8 Å². The van der Waals surface area contributed by atoms with Gasteiger partial charge in [-0.3, -0.25) is 4.90 Å². The first kappa shape index (κ1) is 14.3. The standard InChI is InChI=1S/C14H17ClN4O2/c15-11-1-3-12(4-2-11)21-8-7-19-6-5-14(20,10-19)13-9-16-18-17-13/h1-4,9,20H,5-8,10H2,(H,16,17,18)/t14-/m1/s1. The molecule has 2 aromatic rings. The molecule has 112 valence electrons. The number of benzene rings is 1. The second-order valence-corrected chi connectivity index (χ2v) is 5.65. The lowest BCUT2D eigenvalue weighted by molar-refractivity contribution is 0.0403. The first-order valence-electron chi connectivity index (χ1n) is 6.85. The van der Waals surface area contributed by atoms with Crippen molar-refractivity contribution in [3.63, 3.8) is 0 Å². The maximum absolute atomic E-state index is 10.5. The average Bonchev–Trinajstić information content (AvgIpc) is 3.12. The summed E-state index contributed by atoms with van der Waals surface area (Å²) in [6.45, 7) is 2.68. The Bertz CT molecular complexity index is 575. The molecule has 0 amide bonds. The number of likely N-dealkylation sites (tertiary alicyclic amines) is 1. The molecule has 1 aromatic carbocycles. The van der Waals surface area contributed by atoms with E-state index in [4.69, 9.17) is 16.3 Å². The topological polar surface area (TPSA) is 74.3 Å². The molecule has 1 atom stereocenters. The lowest BCUT2D eigenvalue weighted by Crippen LogP contribution is -2.33. The number of aromatic amines is 1. The highest BCUT2D eigenvalue weighted by atomic mass is 35.5. The van der Waals surface area contributed by atoms with E-state index in [0.29, 0.717) is 30.3 Å². The normalized spacial score (nSPS) is 22.6. The molecule has 3 rings (SSSR count). The minimum Gasteiger partial charge on any atom is -0.492 e. The summed E-state index contributed by atoms with van der Waals surface area (Å²) in [4.78, 5) is 2.16. The van der Waals surface area contributed by atoms with Crippen LogP contribution >= 0.6 is 11.6 Å². The molecule has 1 fully saturated rings. The smallest absolute Gasteiger partial charge is 0.124 e. The van der Waals surface area contributed by atoms with Gasteiger partial charge in [-0.15, -0.1) is 0 Å². The number of aromatic nitrogens is 3. The van der Waals surface area contributed by atoms with E-state index in [2.05, 4.69) is 20.3 Å². The zero-order valence-electron chi connectivity index (χ0n) is 11.5. The number of hydrogen-bond acceptors (Lipinski definition) is 5. The fourth-order valence-electron chi connectivity index (χ4n) is 2.52. The molecule has 0 spiro atoms. The maximum atomic E-state index is 10.5. The Hall–Kier alpha value is -1.63. The molecule has 0 unspecified atom stereocenters. The summed E-state index contributed by atoms with van der Waals surface area (Å²) >= 11 is 5.82. The van der Waals surface area contributed by atoms with Gasteiger partial charge in [0.2, 0.25) is 0 Å². The number of aliphatic hydroxyl groups is 1. The number of nitrogens with zero attached hydrogens (tertiary/aromatic N) is 3. The number of ether oxygens (including phenoxy) is 1. The molecule has 0 radical (unpaired) electrons. The molecule has 1 aliphatic heterocycles. The third-order valence-corrected chi connectivity index (χ3v) is 3.96. The summed E-state index contributed by atoms with van der Waals surface area (Å²) < 4.78 is 5.67. The fraction of sp³-hybridized carbons (Fsp3) is 0.429. The Morgan fingerprint density at radius 2 is 2.19 bits per heavy atom. The van der Waals surface area contributed by atoms with E-state index in [1.807, 2.05) is 12.1 Å². The van der Waals surface area contributed by atoms with Crippen molar-refractivity contribution >= 4 is 11.6 Å². The van der Waals surface area contributed by atoms with Gasteiger partial charge in [-0.25, -0.2) is 0 Å². The van der Waals surface area contributed by atoms with Gasteiger partial charge in [-0.05, 0) is 30.7 Å². The van der Waals surface area contributed by atoms with Crippen LogP contribution in [0.4, 0.5) is 0 Å². The zero-order valence-corrected chi connectivity index (χ0v) is 12.3. The molecule has 0 saturated carbocycles. The summed E-state index contributed by atoms with van der Waals surface area (Å²) in [5.41, 5.74) is -0.309. The van der Waals surface area contributed by atoms with Gasteiger partial charge in [0.05, 0.1) is 6.20 Å². The lowest BCUT2D eigenvalue weighted by Gasteiger charge is -2.21. The van der Waals surface area contributed by atoms with Crippen LogP contribution in [0.1, 0.15) is 12.1 Å². The molecule has 2 heterocycles. The Kier molecular flexibility index (Phi) is 4.10. The van der Waals surface area contributed by atoms with Crippen LogP contribution in [0.2, 0.25) is 5.02 Å². The predicted octanol–water partition coefficient (Wildman–Crippen LogP) is 1.43. The summed E-state index contributed by atoms with van der Waals surface area (Å²) in [6, 6.07) is 7.29. The van der Waals surface area contributed by atoms with Crippen molar-refractivity contribution in [3.8, 4) is 5.75 Å². The van der Waals surface area contributed by atoms with Crippen molar-refractivity contribution in [2.75, 3.05) is 26.2 Å². The van der Waals surface area contributed by atoms with Crippen molar-refractivity contribution in [2.45, 2.75) is 12.0 Å². The highest BCUT2D eigenvalue weighted by molar-refractivity contribution is 6.30. The van der Waals surface area contributed by atoms with Gasteiger partial charge in [0, 0.05) is 24.7 Å². The molecule has 1 aromatic heterocycles. The Labute approximate surface area is 127 Å². The van der Waals surface area contributed by atoms with Crippen LogP contribution < -0.4 is 4.74 Å². The van der Waals surface area contributed by atoms with Gasteiger partial charge in [-0.2, -0.15) is 15.4 Å². The van der Waals surface area contributed by atoms with Gasteiger partial charge >= 0.3 is 0 Å². The van der Waals surface area contributed by atoms with Crippen molar-refractivity contribution in [1.29, 1.82) is 0 Å². The number of hydrogen-bond donors (Lipinski definition) is 2. The third kappa shape index (κ3) is 3.34. The van der Waals surface area contributed by atoms with Gasteiger partial charge in [0.15, 0.2) is 0 Å². The van der Waals surface area contributed by atoms with Crippen LogP contribution in [-0.4, -0.2) is 51.7 Å². The minimum atomic E-state index is -0.909. The average molecular weight is 309 g/mol. The molecular formula is C14H17ClN4O2. The Morgan fingerprint density at radius 3 is 2.90 bits per heavy atom. The Morgan fingerprint density at radius 1 is 1.38 bits per heavy atom. The highest BCUT2D eigenvalue weighted by Gasteiger charge is 2.39. The molecule has 0 bridgehead atoms. The van der Waals surface area contributed by atoms with Crippen molar-refractivity contribution in [1.82, 2.24) is 20.3 Å². The van der Waals surface area contributed by atoms with E-state index in [1.54, 1.807) is 18.3 Å². The van der Waals surface area contributed by atoms with E-state index >= 15 is 0 Å². The molecule has 1 saturated heterocycles. The zero-order chi connectivity index (χ0) is 14.7. The van der Waals surface area contributed by atoms with Crippen LogP contribution in [-0.2, 0) is 5.60 Å². The molecule has 7 heteroatoms. The van der Waals surface area contributed by atoms with Crippen LogP contribution in [0, 0.1) is 0 Å². The number of nitrogens with one attached hydrogen (secondary N) is 1. The van der Waals surface area contributed by atoms with Crippen molar-refractivity contribution in [3.05, 3.63) is 41.2 Å². The van der Waals surface area contributed by atoms with Gasteiger partial charge in [-0.1, -0.05) is 11.6 Å². The van der Waals surface area contributed by atoms with Gasteiger partial charge < -0.3 is 9.84 Å². The molecule has 0 aliphatic carbocycles. The van der Waals surface area contributed by atoms with Crippen LogP contribution in [0.15, 0.2) is 30.5 Å². The molecule has 2 N–H and O–H groups in total. The van der Waals surface area contributed by atoms with E-state index in [-0.39, 0.29) is 0 Å². The van der Waals surface area contributed by atoms with Crippen molar-refractivity contribution in [2.24, 2.45) is 0 Å². The maximum Gasteiger partial charge on any atom is 0.124 e. The highest BCUT2D eigenvalue weighted by Crippen LogP contribution is 2.29. The first-order valence-corrected chi connectivity index (χ1v) is 7.23. The van der Waals surface area contributed by atoms with Crippen LogP contribution in [0.5, 0.6) is 5.75 Å². The number of halogens is 1. The summed E-state index contributed by atoms with van der Waals surface area (Å²) in [7, 11) is 0. The quantitative estimate of drug-likeness (QED) is 0.874. The van der Waals surface area contributed by atoms with E-state index in [9.17, 15) is 5.11 Å². The van der Waals surface area contributed by atoms with E-state index in [1.165, 1.54) is 0 Å². The summed E-state index contributed by atoms with van der Waals surface area (Å²) in [5.74, 6) is 0.797. The number of H-pyrrole nitrogens is 1. The minimum absolute atomic E-state index is 0.545. The summed E-state index contributed by atoms with van der Waals surface area (Å²) in [5, 5.41) is 21.5. The lowest BCUT2D eigenvalue weighted by atomic mass is 10.0. The van der Waals surface area contributed by atoms with E-state index < -0.39 is 5.60 Å². The van der Waals surface area contributed by atoms with Crippen molar-refractivity contribution < 1.29 is 9.84 Å². The fourth-order valence-corrected chi connectivity index (χ4v) is 2.65. The third-order valence-electron chi connectivity index (χ3n) is 3.71. The number of rotatable bonds is 5. The Balaban J connectivity index is 1.48. The van der Waals surface area contributed by atoms with Crippen LogP contribution in [0.3, 0.4) is 0 Å². The predicted molar refractivity (Wildman–Crippen MR) is 78.3 cm³/mol. The molecule has 1 aliphatic rings. The molecule has 6 nitrogen and oxygen atoms in total. The van der Waals surface area contributed by atoms with Gasteiger partial charge in [0.25, 0.3) is 0 Å². The van der Waals surface area contributed by atoms with Gasteiger partial charge in [0.1, 0.15) is 23.7 Å². The second-order valence-electron chi connectivity index (χ2n) is 5.22. The monoisotopic (exact) mass is 308 g/mol. The second kappa shape index (κ2) is 6.01.